The summed E-state index contributed by atoms with van der Waals surface area (Å²) in [6.07, 6.45) is -0.209. The van der Waals surface area contributed by atoms with Crippen LogP contribution in [0.2, 0.25) is 0 Å². The molecular formula is C13H8F3N2NaO2. The van der Waals surface area contributed by atoms with E-state index in [4.69, 9.17) is 0 Å². The van der Waals surface area contributed by atoms with Crippen LogP contribution >= 0.6 is 0 Å². The van der Waals surface area contributed by atoms with E-state index in [0.29, 0.717) is 5.69 Å². The number of hydrogen-bond acceptors (Lipinski definition) is 3. The molecule has 2 rings (SSSR count). The first-order chi connectivity index (χ1) is 9.38. The summed E-state index contributed by atoms with van der Waals surface area (Å²) in [5.74, 6) is -3.15. The standard InChI is InChI=1S/C13H9F3N2O2.Na/c14-13(15,16)12(20)7-11(19)9-1-3-10(4-2-9)18-6-5-17-8-18;/h1-8,20H;/q;+1/p-1. The van der Waals surface area contributed by atoms with E-state index in [1.165, 1.54) is 18.5 Å². The van der Waals surface area contributed by atoms with Crippen molar-refractivity contribution in [2.75, 3.05) is 0 Å². The monoisotopic (exact) mass is 304 g/mol. The number of nitrogens with zero attached hydrogens (tertiary/aromatic N) is 2. The van der Waals surface area contributed by atoms with E-state index in [-0.39, 0.29) is 41.2 Å². The topological polar surface area (TPSA) is 57.9 Å². The quantitative estimate of drug-likeness (QED) is 0.312. The van der Waals surface area contributed by atoms with Gasteiger partial charge < -0.3 is 9.67 Å². The number of alkyl halides is 3. The van der Waals surface area contributed by atoms with Crippen molar-refractivity contribution in [3.63, 3.8) is 0 Å². The normalized spacial score (nSPS) is 11.9. The number of hydrogen-bond donors (Lipinski definition) is 0. The zero-order valence-corrected chi connectivity index (χ0v) is 13.0. The first kappa shape index (κ1) is 17.5. The molecule has 1 aromatic heterocycles. The molecule has 0 fully saturated rings. The minimum absolute atomic E-state index is 0. The molecule has 0 saturated heterocycles. The number of benzene rings is 1. The van der Waals surface area contributed by atoms with Crippen molar-refractivity contribution >= 4 is 5.78 Å². The van der Waals surface area contributed by atoms with Gasteiger partial charge in [0.05, 0.1) is 6.33 Å². The maximum absolute atomic E-state index is 12.0. The third-order valence-electron chi connectivity index (χ3n) is 2.50. The third-order valence-corrected chi connectivity index (χ3v) is 2.50. The molecule has 0 spiro atoms. The van der Waals surface area contributed by atoms with Crippen molar-refractivity contribution in [3.8, 4) is 5.69 Å². The summed E-state index contributed by atoms with van der Waals surface area (Å²) in [5.41, 5.74) is 0.702. The van der Waals surface area contributed by atoms with Gasteiger partial charge in [0.25, 0.3) is 0 Å². The van der Waals surface area contributed by atoms with Crippen LogP contribution in [0.15, 0.2) is 54.8 Å². The molecule has 104 valence electrons. The van der Waals surface area contributed by atoms with Crippen LogP contribution in [0.1, 0.15) is 10.4 Å². The molecule has 1 aromatic carbocycles. The Balaban J connectivity index is 0.00000220. The molecule has 0 bridgehead atoms. The van der Waals surface area contributed by atoms with Crippen LogP contribution in [0.4, 0.5) is 13.2 Å². The number of rotatable bonds is 3. The SMILES string of the molecule is O=C(C=C([O-])C(F)(F)F)c1ccc(-n2ccnc2)cc1.[Na+]. The van der Waals surface area contributed by atoms with Crippen LogP contribution in [-0.2, 0) is 0 Å². The molecule has 0 unspecified atom stereocenters. The van der Waals surface area contributed by atoms with Gasteiger partial charge in [-0.05, 0) is 36.1 Å². The predicted molar refractivity (Wildman–Crippen MR) is 62.0 cm³/mol. The molecule has 8 heteroatoms. The maximum atomic E-state index is 12.0. The van der Waals surface area contributed by atoms with E-state index >= 15 is 0 Å². The molecule has 1 heterocycles. The summed E-state index contributed by atoms with van der Waals surface area (Å²) in [6.45, 7) is 0. The van der Waals surface area contributed by atoms with Crippen LogP contribution in [0, 0.1) is 0 Å². The summed E-state index contributed by atoms with van der Waals surface area (Å²) < 4.78 is 37.8. The van der Waals surface area contributed by atoms with Crippen LogP contribution in [-0.4, -0.2) is 21.5 Å². The molecule has 0 aliphatic heterocycles. The molecule has 0 saturated carbocycles. The Labute approximate surface area is 140 Å². The van der Waals surface area contributed by atoms with Crippen molar-refractivity contribution in [1.29, 1.82) is 0 Å². The van der Waals surface area contributed by atoms with Crippen LogP contribution < -0.4 is 34.7 Å². The van der Waals surface area contributed by atoms with Crippen molar-refractivity contribution in [1.82, 2.24) is 9.55 Å². The van der Waals surface area contributed by atoms with Gasteiger partial charge >= 0.3 is 35.7 Å². The minimum atomic E-state index is -5.04. The number of ketones is 1. The van der Waals surface area contributed by atoms with Gasteiger partial charge in [0.2, 0.25) is 0 Å². The number of halogens is 3. The Morgan fingerprint density at radius 2 is 1.86 bits per heavy atom. The average Bonchev–Trinajstić information content (AvgIpc) is 2.91. The van der Waals surface area contributed by atoms with Gasteiger partial charge in [-0.2, -0.15) is 13.2 Å². The predicted octanol–water partition coefficient (Wildman–Crippen LogP) is -1.13. The van der Waals surface area contributed by atoms with Crippen molar-refractivity contribution < 1.29 is 52.6 Å². The van der Waals surface area contributed by atoms with Gasteiger partial charge in [-0.1, -0.05) is 0 Å². The summed E-state index contributed by atoms with van der Waals surface area (Å²) in [7, 11) is 0. The summed E-state index contributed by atoms with van der Waals surface area (Å²) in [5, 5.41) is 10.7. The number of imidazole rings is 1. The Hall–Kier alpha value is -1.57. The second-order valence-corrected chi connectivity index (χ2v) is 3.89. The Morgan fingerprint density at radius 3 is 2.33 bits per heavy atom. The molecule has 0 aliphatic rings. The minimum Gasteiger partial charge on any atom is -0.869 e. The number of carbonyl (C=O) groups is 1. The Kier molecular flexibility index (Phi) is 5.77. The molecule has 2 aromatic rings. The van der Waals surface area contributed by atoms with Crippen LogP contribution in [0.5, 0.6) is 0 Å². The molecular weight excluding hydrogens is 296 g/mol. The number of allylic oxidation sites excluding steroid dienone is 2. The van der Waals surface area contributed by atoms with Gasteiger partial charge in [-0.15, -0.1) is 0 Å². The zero-order chi connectivity index (χ0) is 14.8. The van der Waals surface area contributed by atoms with Gasteiger partial charge in [-0.3, -0.25) is 4.79 Å². The average molecular weight is 304 g/mol. The number of aromatic nitrogens is 2. The van der Waals surface area contributed by atoms with E-state index in [0.717, 1.165) is 0 Å². The first-order valence-corrected chi connectivity index (χ1v) is 5.46. The molecule has 21 heavy (non-hydrogen) atoms. The fourth-order valence-corrected chi connectivity index (χ4v) is 1.49. The molecule has 0 radical (unpaired) electrons. The summed E-state index contributed by atoms with van der Waals surface area (Å²) in [4.78, 5) is 15.3. The molecule has 0 N–H and O–H groups in total. The fraction of sp³-hybridized carbons (Fsp3) is 0.0769. The second-order valence-electron chi connectivity index (χ2n) is 3.89. The molecule has 0 amide bonds. The molecule has 0 atom stereocenters. The Morgan fingerprint density at radius 1 is 1.24 bits per heavy atom. The van der Waals surface area contributed by atoms with E-state index in [2.05, 4.69) is 4.98 Å². The third kappa shape index (κ3) is 4.45. The largest absolute Gasteiger partial charge is 1.00 e. The van der Waals surface area contributed by atoms with Crippen molar-refractivity contribution in [2.24, 2.45) is 0 Å². The Bertz CT molecular complexity index is 634. The van der Waals surface area contributed by atoms with Gasteiger partial charge in [0, 0.05) is 23.6 Å². The summed E-state index contributed by atoms with van der Waals surface area (Å²) >= 11 is 0. The summed E-state index contributed by atoms with van der Waals surface area (Å²) in [6, 6.07) is 5.78. The van der Waals surface area contributed by atoms with Gasteiger partial charge in [0.15, 0.2) is 5.78 Å². The van der Waals surface area contributed by atoms with Crippen LogP contribution in [0.3, 0.4) is 0 Å². The first-order valence-electron chi connectivity index (χ1n) is 5.46. The fourth-order valence-electron chi connectivity index (χ4n) is 1.49. The van der Waals surface area contributed by atoms with Crippen LogP contribution in [0.25, 0.3) is 5.69 Å². The van der Waals surface area contributed by atoms with Crippen molar-refractivity contribution in [2.45, 2.75) is 6.18 Å². The zero-order valence-electron chi connectivity index (χ0n) is 11.0. The van der Waals surface area contributed by atoms with E-state index in [9.17, 15) is 23.1 Å². The van der Waals surface area contributed by atoms with E-state index in [1.54, 1.807) is 29.1 Å². The van der Waals surface area contributed by atoms with E-state index < -0.39 is 17.7 Å². The van der Waals surface area contributed by atoms with Gasteiger partial charge in [-0.25, -0.2) is 4.98 Å². The molecule has 0 aliphatic carbocycles. The van der Waals surface area contributed by atoms with E-state index in [1.807, 2.05) is 0 Å². The molecule has 4 nitrogen and oxygen atoms in total. The van der Waals surface area contributed by atoms with Gasteiger partial charge in [0.1, 0.15) is 0 Å². The number of carbonyl (C=O) groups excluding carboxylic acids is 1. The second kappa shape index (κ2) is 6.93. The maximum Gasteiger partial charge on any atom is 1.00 e. The smallest absolute Gasteiger partial charge is 0.869 e. The van der Waals surface area contributed by atoms with Crippen molar-refractivity contribution in [3.05, 3.63) is 60.4 Å².